The van der Waals surface area contributed by atoms with Crippen LogP contribution in [0.15, 0.2) is 48.5 Å². The molecule has 166 valence electrons. The number of benzene rings is 2. The number of fused-ring (bicyclic) bond motifs is 2. The number of aryl methyl sites for hydroxylation is 1. The fourth-order valence-corrected chi connectivity index (χ4v) is 4.68. The summed E-state index contributed by atoms with van der Waals surface area (Å²) < 4.78 is 2.19. The van der Waals surface area contributed by atoms with E-state index in [1.165, 1.54) is 5.52 Å². The molecule has 4 aromatic rings. The fourth-order valence-electron chi connectivity index (χ4n) is 4.68. The standard InChI is InChI=1S/C25H31N7/c1-31(2)24-19-8-4-5-9-20(19)29-25(30-24)27-18-14-12-17(13-15-18)26-16-23-28-21-10-6-7-11-22(21)32(23)3/h4-11,17-18,26H,12-16H2,1-3H3,(H,27,29,30). The van der Waals surface area contributed by atoms with Crippen molar-refractivity contribution in [3.8, 4) is 0 Å². The molecule has 2 N–H and O–H groups in total. The first-order valence-electron chi connectivity index (χ1n) is 11.4. The van der Waals surface area contributed by atoms with Gasteiger partial charge in [-0.2, -0.15) is 4.98 Å². The van der Waals surface area contributed by atoms with Gasteiger partial charge in [-0.25, -0.2) is 9.97 Å². The van der Waals surface area contributed by atoms with Crippen LogP contribution in [-0.4, -0.2) is 45.7 Å². The van der Waals surface area contributed by atoms with Crippen LogP contribution in [-0.2, 0) is 13.6 Å². The quantitative estimate of drug-likeness (QED) is 0.481. The molecule has 0 bridgehead atoms. The maximum absolute atomic E-state index is 4.80. The van der Waals surface area contributed by atoms with Gasteiger partial charge in [-0.15, -0.1) is 0 Å². The van der Waals surface area contributed by atoms with E-state index in [1.54, 1.807) is 0 Å². The molecule has 1 fully saturated rings. The van der Waals surface area contributed by atoms with Crippen molar-refractivity contribution in [1.29, 1.82) is 0 Å². The van der Waals surface area contributed by atoms with Crippen molar-refractivity contribution < 1.29 is 0 Å². The van der Waals surface area contributed by atoms with Crippen molar-refractivity contribution in [2.24, 2.45) is 7.05 Å². The number of hydrogen-bond donors (Lipinski definition) is 2. The number of para-hydroxylation sites is 3. The highest BCUT2D eigenvalue weighted by atomic mass is 15.2. The Kier molecular flexibility index (Phi) is 5.66. The smallest absolute Gasteiger partial charge is 0.225 e. The van der Waals surface area contributed by atoms with E-state index in [4.69, 9.17) is 15.0 Å². The molecule has 0 spiro atoms. The van der Waals surface area contributed by atoms with Crippen molar-refractivity contribution in [2.75, 3.05) is 24.3 Å². The second-order valence-electron chi connectivity index (χ2n) is 8.93. The number of hydrogen-bond acceptors (Lipinski definition) is 6. The van der Waals surface area contributed by atoms with Gasteiger partial charge in [-0.3, -0.25) is 0 Å². The molecule has 0 unspecified atom stereocenters. The third-order valence-electron chi connectivity index (χ3n) is 6.50. The summed E-state index contributed by atoms with van der Waals surface area (Å²) in [7, 11) is 6.15. The first-order valence-corrected chi connectivity index (χ1v) is 11.4. The van der Waals surface area contributed by atoms with Gasteiger partial charge in [0.15, 0.2) is 0 Å². The maximum Gasteiger partial charge on any atom is 0.225 e. The minimum Gasteiger partial charge on any atom is -0.362 e. The Morgan fingerprint density at radius 3 is 2.31 bits per heavy atom. The van der Waals surface area contributed by atoms with E-state index in [9.17, 15) is 0 Å². The Labute approximate surface area is 188 Å². The maximum atomic E-state index is 4.80. The molecule has 0 radical (unpaired) electrons. The van der Waals surface area contributed by atoms with E-state index in [1.807, 2.05) is 32.3 Å². The van der Waals surface area contributed by atoms with Crippen LogP contribution < -0.4 is 15.5 Å². The Bertz CT molecular complexity index is 1220. The summed E-state index contributed by atoms with van der Waals surface area (Å²) in [6.07, 6.45) is 4.48. The number of aromatic nitrogens is 4. The first-order chi connectivity index (χ1) is 15.6. The van der Waals surface area contributed by atoms with Crippen LogP contribution in [0.3, 0.4) is 0 Å². The lowest BCUT2D eigenvalue weighted by molar-refractivity contribution is 0.349. The van der Waals surface area contributed by atoms with Gasteiger partial charge in [0, 0.05) is 38.6 Å². The van der Waals surface area contributed by atoms with Crippen molar-refractivity contribution in [2.45, 2.75) is 44.3 Å². The van der Waals surface area contributed by atoms with Crippen LogP contribution in [0.5, 0.6) is 0 Å². The molecule has 2 aromatic carbocycles. The Balaban J connectivity index is 1.19. The second-order valence-corrected chi connectivity index (χ2v) is 8.93. The van der Waals surface area contributed by atoms with Crippen LogP contribution in [0.25, 0.3) is 21.9 Å². The van der Waals surface area contributed by atoms with Crippen LogP contribution in [0, 0.1) is 0 Å². The monoisotopic (exact) mass is 429 g/mol. The van der Waals surface area contributed by atoms with E-state index in [2.05, 4.69) is 57.5 Å². The minimum absolute atomic E-state index is 0.403. The van der Waals surface area contributed by atoms with Gasteiger partial charge in [-0.05, 0) is 49.9 Å². The summed E-state index contributed by atoms with van der Waals surface area (Å²) in [5, 5.41) is 8.40. The molecule has 1 aliphatic rings. The SMILES string of the molecule is CN(C)c1nc(NC2CCC(NCc3nc4ccccc4n3C)CC2)nc2ccccc12. The van der Waals surface area contributed by atoms with Crippen LogP contribution >= 0.6 is 0 Å². The summed E-state index contributed by atoms with van der Waals surface area (Å²) in [5.41, 5.74) is 3.23. The molecular formula is C25H31N7. The second kappa shape index (κ2) is 8.74. The van der Waals surface area contributed by atoms with Crippen LogP contribution in [0.2, 0.25) is 0 Å². The predicted molar refractivity (Wildman–Crippen MR) is 131 cm³/mol. The van der Waals surface area contributed by atoms with Crippen molar-refractivity contribution in [3.05, 3.63) is 54.4 Å². The van der Waals surface area contributed by atoms with Gasteiger partial charge in [0.2, 0.25) is 5.95 Å². The van der Waals surface area contributed by atoms with Crippen LogP contribution in [0.4, 0.5) is 11.8 Å². The average Bonchev–Trinajstić information content (AvgIpc) is 3.13. The van der Waals surface area contributed by atoms with Gasteiger partial charge in [0.1, 0.15) is 11.6 Å². The lowest BCUT2D eigenvalue weighted by atomic mass is 9.91. The number of anilines is 2. The van der Waals surface area contributed by atoms with E-state index >= 15 is 0 Å². The van der Waals surface area contributed by atoms with Crippen molar-refractivity contribution in [1.82, 2.24) is 24.8 Å². The zero-order chi connectivity index (χ0) is 22.1. The number of nitrogens with zero attached hydrogens (tertiary/aromatic N) is 5. The highest BCUT2D eigenvalue weighted by Gasteiger charge is 2.22. The molecule has 0 amide bonds. The molecule has 1 aliphatic carbocycles. The minimum atomic E-state index is 0.403. The zero-order valence-corrected chi connectivity index (χ0v) is 19.0. The van der Waals surface area contributed by atoms with E-state index in [0.717, 1.165) is 66.2 Å². The van der Waals surface area contributed by atoms with Gasteiger partial charge in [-0.1, -0.05) is 24.3 Å². The summed E-state index contributed by atoms with van der Waals surface area (Å²) in [5.74, 6) is 2.77. The largest absolute Gasteiger partial charge is 0.362 e. The first kappa shape index (κ1) is 20.7. The molecule has 2 heterocycles. The summed E-state index contributed by atoms with van der Waals surface area (Å²) >= 11 is 0. The van der Waals surface area contributed by atoms with Crippen molar-refractivity contribution >= 4 is 33.7 Å². The Morgan fingerprint density at radius 1 is 0.875 bits per heavy atom. The molecule has 1 saturated carbocycles. The molecule has 7 heteroatoms. The summed E-state index contributed by atoms with van der Waals surface area (Å²) in [4.78, 5) is 16.4. The molecule has 2 aromatic heterocycles. The van der Waals surface area contributed by atoms with E-state index in [0.29, 0.717) is 12.1 Å². The molecule has 0 aliphatic heterocycles. The van der Waals surface area contributed by atoms with E-state index < -0.39 is 0 Å². The molecule has 0 saturated heterocycles. The van der Waals surface area contributed by atoms with Gasteiger partial charge in [0.25, 0.3) is 0 Å². The lowest BCUT2D eigenvalue weighted by Gasteiger charge is -2.30. The molecular weight excluding hydrogens is 398 g/mol. The van der Waals surface area contributed by atoms with E-state index in [-0.39, 0.29) is 0 Å². The third kappa shape index (κ3) is 4.12. The highest BCUT2D eigenvalue weighted by Crippen LogP contribution is 2.26. The van der Waals surface area contributed by atoms with Gasteiger partial charge >= 0.3 is 0 Å². The Hall–Kier alpha value is -3.19. The topological polar surface area (TPSA) is 70.9 Å². The number of nitrogens with one attached hydrogen (secondary N) is 2. The lowest BCUT2D eigenvalue weighted by Crippen LogP contribution is -2.37. The number of imidazole rings is 1. The van der Waals surface area contributed by atoms with Gasteiger partial charge < -0.3 is 20.1 Å². The predicted octanol–water partition coefficient (Wildman–Crippen LogP) is 4.10. The molecule has 5 rings (SSSR count). The molecule has 7 nitrogen and oxygen atoms in total. The zero-order valence-electron chi connectivity index (χ0n) is 19.0. The van der Waals surface area contributed by atoms with Crippen molar-refractivity contribution in [3.63, 3.8) is 0 Å². The van der Waals surface area contributed by atoms with Crippen LogP contribution in [0.1, 0.15) is 31.5 Å². The third-order valence-corrected chi connectivity index (χ3v) is 6.50. The summed E-state index contributed by atoms with van der Waals surface area (Å²) in [6.45, 7) is 0.800. The molecule has 0 atom stereocenters. The molecule has 32 heavy (non-hydrogen) atoms. The highest BCUT2D eigenvalue weighted by molar-refractivity contribution is 5.90. The Morgan fingerprint density at radius 2 is 1.56 bits per heavy atom. The van der Waals surface area contributed by atoms with Gasteiger partial charge in [0.05, 0.1) is 23.1 Å². The number of rotatable bonds is 6. The normalized spacial score (nSPS) is 18.8. The average molecular weight is 430 g/mol. The fraction of sp³-hybridized carbons (Fsp3) is 0.400. The summed E-state index contributed by atoms with van der Waals surface area (Å²) in [6, 6.07) is 17.4.